The van der Waals surface area contributed by atoms with E-state index in [0.717, 1.165) is 91.5 Å². The van der Waals surface area contributed by atoms with Gasteiger partial charge in [0.15, 0.2) is 11.5 Å². The first kappa shape index (κ1) is 35.0. The largest absolute Gasteiger partial charge is 0.504 e. The maximum Gasteiger partial charge on any atom is 0.161 e. The Morgan fingerprint density at radius 2 is 1.90 bits per heavy atom. The average molecular weight is 704 g/mol. The molecule has 4 heterocycles. The van der Waals surface area contributed by atoms with E-state index in [9.17, 15) is 10.2 Å². The molecule has 3 aliphatic heterocycles. The molecule has 1 saturated heterocycles. The van der Waals surface area contributed by atoms with Gasteiger partial charge in [0, 0.05) is 40.8 Å². The molecule has 52 heavy (non-hydrogen) atoms. The Bertz CT molecular complexity index is 1960. The number of nitrogens with two attached hydrogens (primary N) is 1. The van der Waals surface area contributed by atoms with Crippen molar-refractivity contribution in [2.45, 2.75) is 102 Å². The molecular formula is C44H53N3O5. The molecular weight excluding hydrogens is 651 g/mol. The van der Waals surface area contributed by atoms with Gasteiger partial charge in [-0.2, -0.15) is 0 Å². The predicted octanol–water partition coefficient (Wildman–Crippen LogP) is 7.47. The van der Waals surface area contributed by atoms with Crippen LogP contribution in [0.25, 0.3) is 16.6 Å². The molecule has 0 radical (unpaired) electrons. The zero-order valence-corrected chi connectivity index (χ0v) is 30.4. The fourth-order valence-corrected chi connectivity index (χ4v) is 9.16. The quantitative estimate of drug-likeness (QED) is 0.160. The van der Waals surface area contributed by atoms with Crippen molar-refractivity contribution in [3.05, 3.63) is 113 Å². The van der Waals surface area contributed by atoms with Crippen LogP contribution in [-0.2, 0) is 34.3 Å². The molecule has 1 fully saturated rings. The summed E-state index contributed by atoms with van der Waals surface area (Å²) in [5, 5.41) is 27.9. The van der Waals surface area contributed by atoms with Gasteiger partial charge in [0.2, 0.25) is 0 Å². The Kier molecular flexibility index (Phi) is 10.2. The minimum Gasteiger partial charge on any atom is -0.504 e. The van der Waals surface area contributed by atoms with Crippen molar-refractivity contribution < 1.29 is 24.4 Å². The first-order valence-corrected chi connectivity index (χ1v) is 19.4. The zero-order chi connectivity index (χ0) is 35.7. The van der Waals surface area contributed by atoms with Crippen molar-refractivity contribution in [3.8, 4) is 11.5 Å². The molecule has 4 aromatic rings. The van der Waals surface area contributed by atoms with E-state index in [2.05, 4.69) is 71.7 Å². The van der Waals surface area contributed by atoms with E-state index >= 15 is 0 Å². The van der Waals surface area contributed by atoms with Gasteiger partial charge < -0.3 is 40.0 Å². The second kappa shape index (κ2) is 15.1. The summed E-state index contributed by atoms with van der Waals surface area (Å²) in [7, 11) is 0. The first-order valence-electron chi connectivity index (χ1n) is 19.4. The summed E-state index contributed by atoms with van der Waals surface area (Å²) in [6.07, 6.45) is 16.6. The molecule has 274 valence electrons. The number of nitrogens with zero attached hydrogens (tertiary/aromatic N) is 1. The van der Waals surface area contributed by atoms with Gasteiger partial charge in [0.05, 0.1) is 31.6 Å². The highest BCUT2D eigenvalue weighted by Crippen LogP contribution is 2.51. The number of fused-ring (bicyclic) bond motifs is 7. The molecule has 4 bridgehead atoms. The summed E-state index contributed by atoms with van der Waals surface area (Å²) in [6, 6.07) is 19.3. The van der Waals surface area contributed by atoms with E-state index in [1.807, 2.05) is 18.2 Å². The van der Waals surface area contributed by atoms with E-state index in [4.69, 9.17) is 19.9 Å². The maximum absolute atomic E-state index is 11.2. The number of phenolic OH excluding ortho intramolecular Hbond substituents is 1. The molecule has 5 atom stereocenters. The number of phenols is 1. The third-order valence-corrected chi connectivity index (χ3v) is 12.0. The monoisotopic (exact) mass is 703 g/mol. The van der Waals surface area contributed by atoms with Crippen LogP contribution in [0.3, 0.4) is 0 Å². The summed E-state index contributed by atoms with van der Waals surface area (Å²) in [4.78, 5) is 0. The Hall–Kier alpha value is -4.08. The third kappa shape index (κ3) is 6.90. The van der Waals surface area contributed by atoms with Crippen LogP contribution < -0.4 is 15.8 Å². The number of aliphatic hydroxyl groups excluding tert-OH is 1. The molecule has 8 rings (SSSR count). The maximum atomic E-state index is 11.2. The number of aryl methyl sites for hydroxylation is 2. The third-order valence-electron chi connectivity index (χ3n) is 12.0. The number of unbranched alkanes of at least 4 members (excludes halogenated alkanes) is 2. The van der Waals surface area contributed by atoms with E-state index in [0.29, 0.717) is 37.5 Å². The standard InChI is InChI=1S/C44H53N3O5/c1-2-3-4-8-37-23-36(48)15-10-29-11-16-40(49)41(20-29)52-27-33-22-35(44-18-19-50-28-34(44)14-12-30-7-5-6-9-39(30)44)21-32-24-47(25-38(32)33)43-31(26-51-37)13-17-42(45)46-43/h5-7,9,11,13,16-17,20-22,24-25,34,36-37,42,46,48-49H,2-4,8,10,12,14-15,18-19,23,26-28,45H2,1H3. The highest BCUT2D eigenvalue weighted by atomic mass is 16.5. The fourth-order valence-electron chi connectivity index (χ4n) is 9.16. The van der Waals surface area contributed by atoms with Crippen LogP contribution in [0.5, 0.6) is 11.5 Å². The Morgan fingerprint density at radius 3 is 2.81 bits per heavy atom. The van der Waals surface area contributed by atoms with Crippen LogP contribution in [0.15, 0.2) is 84.7 Å². The van der Waals surface area contributed by atoms with Crippen molar-refractivity contribution in [2.24, 2.45) is 11.7 Å². The van der Waals surface area contributed by atoms with Gasteiger partial charge in [-0.3, -0.25) is 0 Å². The van der Waals surface area contributed by atoms with E-state index in [1.54, 1.807) is 6.07 Å². The van der Waals surface area contributed by atoms with Crippen LogP contribution in [0.1, 0.15) is 86.1 Å². The molecule has 4 aliphatic rings. The summed E-state index contributed by atoms with van der Waals surface area (Å²) < 4.78 is 21.4. The number of aromatic hydroxyl groups is 1. The van der Waals surface area contributed by atoms with E-state index < -0.39 is 6.10 Å². The van der Waals surface area contributed by atoms with Crippen LogP contribution in [0.2, 0.25) is 0 Å². The second-order valence-electron chi connectivity index (χ2n) is 15.3. The lowest BCUT2D eigenvalue weighted by atomic mass is 9.57. The number of hydrogen-bond acceptors (Lipinski definition) is 7. The molecule has 0 saturated carbocycles. The summed E-state index contributed by atoms with van der Waals surface area (Å²) in [5.41, 5.74) is 13.5. The summed E-state index contributed by atoms with van der Waals surface area (Å²) in [6.45, 7) is 4.37. The minimum atomic E-state index is -0.508. The normalized spacial score (nSPS) is 26.4. The lowest BCUT2D eigenvalue weighted by Crippen LogP contribution is -2.47. The van der Waals surface area contributed by atoms with E-state index in [1.165, 1.54) is 16.7 Å². The predicted molar refractivity (Wildman–Crippen MR) is 205 cm³/mol. The van der Waals surface area contributed by atoms with Gasteiger partial charge in [-0.05, 0) is 103 Å². The zero-order valence-electron chi connectivity index (χ0n) is 30.4. The topological polar surface area (TPSA) is 111 Å². The molecule has 0 amide bonds. The lowest BCUT2D eigenvalue weighted by molar-refractivity contribution is 0.00498. The molecule has 5 N–H and O–H groups in total. The molecule has 5 unspecified atom stereocenters. The van der Waals surface area contributed by atoms with Gasteiger partial charge in [0.1, 0.15) is 12.4 Å². The number of aromatic nitrogens is 1. The number of dihydropyridines is 1. The Morgan fingerprint density at radius 1 is 1.00 bits per heavy atom. The second-order valence-corrected chi connectivity index (χ2v) is 15.3. The van der Waals surface area contributed by atoms with Crippen LogP contribution >= 0.6 is 0 Å². The van der Waals surface area contributed by atoms with Gasteiger partial charge in [-0.25, -0.2) is 0 Å². The highest BCUT2D eigenvalue weighted by Gasteiger charge is 2.47. The highest BCUT2D eigenvalue weighted by molar-refractivity contribution is 5.88. The van der Waals surface area contributed by atoms with Crippen molar-refractivity contribution in [1.82, 2.24) is 9.88 Å². The number of ether oxygens (including phenoxy) is 3. The van der Waals surface area contributed by atoms with Crippen molar-refractivity contribution >= 4 is 16.6 Å². The van der Waals surface area contributed by atoms with Crippen LogP contribution in [0.4, 0.5) is 0 Å². The number of aliphatic hydroxyl groups is 1. The SMILES string of the molecule is CCCCCC1CC(O)CCc2ccc(O)c(c2)OCc2cc(C34CCOCC3CCc3ccccc34)cc3cn(cc23)C2=C(C=CC(N)N2)CO1. The van der Waals surface area contributed by atoms with Crippen molar-refractivity contribution in [3.63, 3.8) is 0 Å². The number of nitrogens with one attached hydrogen (secondary N) is 1. The average Bonchev–Trinajstić information content (AvgIpc) is 3.60. The number of benzene rings is 3. The lowest BCUT2D eigenvalue weighted by Gasteiger charge is -2.49. The number of hydrogen-bond donors (Lipinski definition) is 4. The van der Waals surface area contributed by atoms with E-state index in [-0.39, 0.29) is 30.0 Å². The molecule has 8 heteroatoms. The minimum absolute atomic E-state index is 0.0696. The Balaban J connectivity index is 1.27. The van der Waals surface area contributed by atoms with Crippen LogP contribution in [0, 0.1) is 5.92 Å². The van der Waals surface area contributed by atoms with Gasteiger partial charge in [-0.15, -0.1) is 0 Å². The molecule has 1 aliphatic carbocycles. The van der Waals surface area contributed by atoms with Gasteiger partial charge >= 0.3 is 0 Å². The van der Waals surface area contributed by atoms with Gasteiger partial charge in [-0.1, -0.05) is 68.7 Å². The summed E-state index contributed by atoms with van der Waals surface area (Å²) >= 11 is 0. The molecule has 3 aromatic carbocycles. The molecule has 8 nitrogen and oxygen atoms in total. The first-order chi connectivity index (χ1) is 25.4. The van der Waals surface area contributed by atoms with Crippen LogP contribution in [-0.4, -0.2) is 53.0 Å². The van der Waals surface area contributed by atoms with Gasteiger partial charge in [0.25, 0.3) is 0 Å². The van der Waals surface area contributed by atoms with Crippen molar-refractivity contribution in [1.29, 1.82) is 0 Å². The fraction of sp³-hybridized carbons (Fsp3) is 0.455. The molecule has 0 spiro atoms. The molecule has 1 aromatic heterocycles. The Labute approximate surface area is 307 Å². The number of rotatable bonds is 5. The van der Waals surface area contributed by atoms with Crippen molar-refractivity contribution in [2.75, 3.05) is 19.8 Å². The smallest absolute Gasteiger partial charge is 0.161 e. The summed E-state index contributed by atoms with van der Waals surface area (Å²) in [5.74, 6) is 1.82.